The Bertz CT molecular complexity index is 546. The summed E-state index contributed by atoms with van der Waals surface area (Å²) in [6.45, 7) is 0.547. The van der Waals surface area contributed by atoms with E-state index in [1.165, 1.54) is 0 Å². The topological polar surface area (TPSA) is 67.2 Å². The van der Waals surface area contributed by atoms with Crippen molar-refractivity contribution >= 4 is 5.91 Å². The molecule has 1 fully saturated rings. The highest BCUT2D eigenvalue weighted by atomic mass is 19.3. The van der Waals surface area contributed by atoms with Gasteiger partial charge in [0.2, 0.25) is 5.91 Å². The lowest BCUT2D eigenvalue weighted by Crippen LogP contribution is -2.41. The number of aliphatic hydroxyl groups is 1. The van der Waals surface area contributed by atoms with Crippen molar-refractivity contribution in [1.82, 2.24) is 15.1 Å². The average Bonchev–Trinajstić information content (AvgIpc) is 2.68. The molecule has 0 aromatic carbocycles. The molecule has 23 heavy (non-hydrogen) atoms. The van der Waals surface area contributed by atoms with Gasteiger partial charge in [-0.05, 0) is 26.7 Å². The largest absolute Gasteiger partial charge is 0.396 e. The molecule has 2 unspecified atom stereocenters. The first-order valence-corrected chi connectivity index (χ1v) is 8.17. The van der Waals surface area contributed by atoms with Crippen LogP contribution in [0.4, 0.5) is 8.78 Å². The van der Waals surface area contributed by atoms with Gasteiger partial charge in [0.25, 0.3) is 0 Å². The Labute approximate surface area is 135 Å². The number of rotatable bonds is 5. The predicted octanol–water partition coefficient (Wildman–Crippen LogP) is 2.49. The maximum atomic E-state index is 12.8. The second-order valence-corrected chi connectivity index (χ2v) is 6.30. The van der Waals surface area contributed by atoms with Crippen LogP contribution in [0.3, 0.4) is 0 Å². The van der Waals surface area contributed by atoms with Crippen molar-refractivity contribution < 1.29 is 18.7 Å². The molecule has 130 valence electrons. The van der Waals surface area contributed by atoms with Gasteiger partial charge in [0.15, 0.2) is 0 Å². The van der Waals surface area contributed by atoms with Crippen LogP contribution in [0.15, 0.2) is 0 Å². The van der Waals surface area contributed by atoms with Gasteiger partial charge in [-0.3, -0.25) is 4.79 Å². The van der Waals surface area contributed by atoms with E-state index in [0.717, 1.165) is 32.1 Å². The Hall–Kier alpha value is -1.50. The molecule has 1 aromatic rings. The molecule has 2 atom stereocenters. The minimum absolute atomic E-state index is 0.0407. The molecule has 1 saturated carbocycles. The number of aromatic nitrogens is 2. The number of hydrogen-bond donors (Lipinski definition) is 2. The Kier molecular flexibility index (Phi) is 6.10. The Morgan fingerprint density at radius 2 is 2.04 bits per heavy atom. The highest BCUT2D eigenvalue weighted by Gasteiger charge is 2.26. The third-order valence-corrected chi connectivity index (χ3v) is 4.74. The molecule has 2 rings (SSSR count). The summed E-state index contributed by atoms with van der Waals surface area (Å²) in [5, 5.41) is 16.3. The number of alkyl halides is 2. The van der Waals surface area contributed by atoms with E-state index in [1.807, 2.05) is 0 Å². The predicted molar refractivity (Wildman–Crippen MR) is 82.2 cm³/mol. The molecule has 1 aliphatic rings. The van der Waals surface area contributed by atoms with Crippen LogP contribution in [0, 0.1) is 19.8 Å². The van der Waals surface area contributed by atoms with Crippen LogP contribution in [0.2, 0.25) is 0 Å². The zero-order valence-electron chi connectivity index (χ0n) is 13.7. The van der Waals surface area contributed by atoms with Crippen LogP contribution in [0.25, 0.3) is 0 Å². The van der Waals surface area contributed by atoms with Crippen LogP contribution < -0.4 is 5.32 Å². The zero-order chi connectivity index (χ0) is 17.0. The fourth-order valence-corrected chi connectivity index (χ4v) is 3.35. The van der Waals surface area contributed by atoms with Gasteiger partial charge in [0.05, 0.1) is 12.1 Å². The number of carbonyl (C=O) groups excluding carboxylic acids is 1. The minimum atomic E-state index is -2.70. The molecule has 2 N–H and O–H groups in total. The van der Waals surface area contributed by atoms with Crippen molar-refractivity contribution in [2.45, 2.75) is 65.0 Å². The quantitative estimate of drug-likeness (QED) is 0.816. The van der Waals surface area contributed by atoms with E-state index in [1.54, 1.807) is 13.8 Å². The van der Waals surface area contributed by atoms with Gasteiger partial charge in [-0.15, -0.1) is 0 Å². The molecule has 1 aromatic heterocycles. The minimum Gasteiger partial charge on any atom is -0.396 e. The smallest absolute Gasteiger partial charge is 0.333 e. The number of hydrogen-bond acceptors (Lipinski definition) is 3. The summed E-state index contributed by atoms with van der Waals surface area (Å²) in [6, 6.07) is -0.0410. The van der Waals surface area contributed by atoms with Crippen molar-refractivity contribution in [2.75, 3.05) is 6.61 Å². The second kappa shape index (κ2) is 7.86. The number of halogens is 2. The number of amides is 1. The molecular formula is C16H25F2N3O2. The van der Waals surface area contributed by atoms with E-state index in [0.29, 0.717) is 21.6 Å². The summed E-state index contributed by atoms with van der Waals surface area (Å²) in [6.07, 6.45) is 5.01. The van der Waals surface area contributed by atoms with Crippen molar-refractivity contribution in [2.24, 2.45) is 5.92 Å². The first-order valence-electron chi connectivity index (χ1n) is 8.17. The molecule has 1 heterocycles. The first kappa shape index (κ1) is 17.8. The average molecular weight is 329 g/mol. The fourth-order valence-electron chi connectivity index (χ4n) is 3.35. The summed E-state index contributed by atoms with van der Waals surface area (Å²) >= 11 is 0. The van der Waals surface area contributed by atoms with Gasteiger partial charge in [-0.2, -0.15) is 13.9 Å². The van der Waals surface area contributed by atoms with Crippen molar-refractivity contribution in [3.05, 3.63) is 17.0 Å². The van der Waals surface area contributed by atoms with Gasteiger partial charge in [0, 0.05) is 29.8 Å². The summed E-state index contributed by atoms with van der Waals surface area (Å²) in [5.74, 6) is -0.122. The highest BCUT2D eigenvalue weighted by Crippen LogP contribution is 2.24. The number of nitrogens with zero attached hydrogens (tertiary/aromatic N) is 2. The van der Waals surface area contributed by atoms with Gasteiger partial charge in [0.1, 0.15) is 0 Å². The van der Waals surface area contributed by atoms with Crippen LogP contribution in [0.1, 0.15) is 55.6 Å². The molecule has 1 aliphatic carbocycles. The maximum absolute atomic E-state index is 12.8. The fraction of sp³-hybridized carbons (Fsp3) is 0.750. The zero-order valence-corrected chi connectivity index (χ0v) is 13.7. The number of carbonyl (C=O) groups is 1. The second-order valence-electron chi connectivity index (χ2n) is 6.30. The summed E-state index contributed by atoms with van der Waals surface area (Å²) < 4.78 is 26.3. The SMILES string of the molecule is Cc1nn(C(F)F)c(C)c1CC(=O)NC1CCCCCC1CO. The van der Waals surface area contributed by atoms with E-state index in [4.69, 9.17) is 0 Å². The standard InChI is InChI=1S/C16H25F2N3O2/c1-10-13(11(2)21(20-10)16(17)18)8-15(23)19-14-7-5-3-4-6-12(14)9-22/h12,14,16,22H,3-9H2,1-2H3,(H,19,23). The lowest BCUT2D eigenvalue weighted by Gasteiger charge is -2.24. The monoisotopic (exact) mass is 329 g/mol. The van der Waals surface area contributed by atoms with E-state index >= 15 is 0 Å². The van der Waals surface area contributed by atoms with Crippen LogP contribution >= 0.6 is 0 Å². The van der Waals surface area contributed by atoms with Crippen molar-refractivity contribution in [3.8, 4) is 0 Å². The van der Waals surface area contributed by atoms with Crippen LogP contribution in [-0.2, 0) is 11.2 Å². The third kappa shape index (κ3) is 4.28. The van der Waals surface area contributed by atoms with Crippen LogP contribution in [0.5, 0.6) is 0 Å². The molecule has 1 amide bonds. The van der Waals surface area contributed by atoms with Gasteiger partial charge in [-0.1, -0.05) is 19.3 Å². The number of nitrogens with one attached hydrogen (secondary N) is 1. The number of aryl methyl sites for hydroxylation is 1. The van der Waals surface area contributed by atoms with E-state index in [2.05, 4.69) is 10.4 Å². The molecule has 0 aliphatic heterocycles. The molecule has 0 saturated heterocycles. The summed E-state index contributed by atoms with van der Waals surface area (Å²) in [4.78, 5) is 12.3. The summed E-state index contributed by atoms with van der Waals surface area (Å²) in [7, 11) is 0. The molecule has 5 nitrogen and oxygen atoms in total. The van der Waals surface area contributed by atoms with Crippen molar-refractivity contribution in [1.29, 1.82) is 0 Å². The van der Waals surface area contributed by atoms with E-state index in [9.17, 15) is 18.7 Å². The normalized spacial score (nSPS) is 22.2. The summed E-state index contributed by atoms with van der Waals surface area (Å²) in [5.41, 5.74) is 1.33. The molecule has 0 radical (unpaired) electrons. The van der Waals surface area contributed by atoms with E-state index < -0.39 is 6.55 Å². The van der Waals surface area contributed by atoms with Crippen molar-refractivity contribution in [3.63, 3.8) is 0 Å². The molecule has 0 bridgehead atoms. The maximum Gasteiger partial charge on any atom is 0.333 e. The highest BCUT2D eigenvalue weighted by molar-refractivity contribution is 5.79. The Balaban J connectivity index is 2.04. The molecule has 0 spiro atoms. The first-order chi connectivity index (χ1) is 10.9. The Morgan fingerprint density at radius 1 is 1.35 bits per heavy atom. The molecule has 7 heteroatoms. The van der Waals surface area contributed by atoms with Gasteiger partial charge in [-0.25, -0.2) is 4.68 Å². The third-order valence-electron chi connectivity index (χ3n) is 4.74. The van der Waals surface area contributed by atoms with Crippen LogP contribution in [-0.4, -0.2) is 33.4 Å². The van der Waals surface area contributed by atoms with E-state index in [-0.39, 0.29) is 30.9 Å². The lowest BCUT2D eigenvalue weighted by molar-refractivity contribution is -0.121. The molecular weight excluding hydrogens is 304 g/mol. The van der Waals surface area contributed by atoms with Gasteiger partial charge < -0.3 is 10.4 Å². The lowest BCUT2D eigenvalue weighted by atomic mass is 9.95. The number of aliphatic hydroxyl groups excluding tert-OH is 1. The van der Waals surface area contributed by atoms with Gasteiger partial charge >= 0.3 is 6.55 Å². The Morgan fingerprint density at radius 3 is 2.65 bits per heavy atom.